The molecule has 4 aromatic rings. The molecule has 0 aliphatic heterocycles. The van der Waals surface area contributed by atoms with Gasteiger partial charge in [0, 0.05) is 11.4 Å². The first kappa shape index (κ1) is 20.2. The van der Waals surface area contributed by atoms with Crippen molar-refractivity contribution in [2.45, 2.75) is 33.0 Å². The fraction of sp³-hybridized carbons (Fsp3) is 0.238. The zero-order chi connectivity index (χ0) is 22.0. The van der Waals surface area contributed by atoms with E-state index in [1.807, 2.05) is 18.2 Å². The molecule has 2 aromatic carbocycles. The van der Waals surface area contributed by atoms with Gasteiger partial charge in [0.05, 0.1) is 23.3 Å². The molecule has 2 aromatic heterocycles. The van der Waals surface area contributed by atoms with Gasteiger partial charge >= 0.3 is 5.69 Å². The van der Waals surface area contributed by atoms with Gasteiger partial charge in [-0.05, 0) is 42.5 Å². The molecule has 0 unspecified atom stereocenters. The quantitative estimate of drug-likeness (QED) is 0.491. The number of hydrogen-bond donors (Lipinski definition) is 1. The molecule has 1 atom stereocenters. The highest BCUT2D eigenvalue weighted by molar-refractivity contribution is 5.83. The van der Waals surface area contributed by atoms with E-state index in [2.05, 4.69) is 20.8 Å². The van der Waals surface area contributed by atoms with E-state index in [1.54, 1.807) is 50.2 Å². The Balaban J connectivity index is 1.45. The lowest BCUT2D eigenvalue weighted by Gasteiger charge is -2.14. The molecule has 0 aliphatic rings. The van der Waals surface area contributed by atoms with Gasteiger partial charge in [0.1, 0.15) is 6.54 Å². The molecule has 0 saturated heterocycles. The molecule has 0 saturated carbocycles. The van der Waals surface area contributed by atoms with Crippen LogP contribution in [0.15, 0.2) is 64.2 Å². The van der Waals surface area contributed by atoms with Crippen LogP contribution in [0.3, 0.4) is 0 Å². The summed E-state index contributed by atoms with van der Waals surface area (Å²) < 4.78 is 3.52. The van der Waals surface area contributed by atoms with Crippen LogP contribution >= 0.6 is 0 Å². The summed E-state index contributed by atoms with van der Waals surface area (Å²) in [5.74, 6) is -0.389. The number of nitrogens with one attached hydrogen (secondary N) is 1. The van der Waals surface area contributed by atoms with E-state index in [-0.39, 0.29) is 24.6 Å². The summed E-state index contributed by atoms with van der Waals surface area (Å²) in [5, 5.41) is 16.1. The second-order valence-electron chi connectivity index (χ2n) is 7.25. The second-order valence-corrected chi connectivity index (χ2v) is 7.25. The van der Waals surface area contributed by atoms with E-state index < -0.39 is 11.7 Å². The van der Waals surface area contributed by atoms with E-state index in [9.17, 15) is 14.4 Å². The maximum absolute atomic E-state index is 12.6. The number of amides is 1. The molecule has 2 heterocycles. The van der Waals surface area contributed by atoms with E-state index in [0.29, 0.717) is 16.8 Å². The van der Waals surface area contributed by atoms with Crippen LogP contribution in [0.4, 0.5) is 0 Å². The lowest BCUT2D eigenvalue weighted by atomic mass is 10.1. The first-order valence-corrected chi connectivity index (χ1v) is 9.78. The third kappa shape index (κ3) is 4.13. The van der Waals surface area contributed by atoms with E-state index >= 15 is 0 Å². The van der Waals surface area contributed by atoms with Gasteiger partial charge in [0.15, 0.2) is 0 Å². The Morgan fingerprint density at radius 3 is 2.39 bits per heavy atom. The summed E-state index contributed by atoms with van der Waals surface area (Å²) >= 11 is 0. The monoisotopic (exact) mass is 419 g/mol. The molecule has 4 rings (SSSR count). The molecule has 0 bridgehead atoms. The van der Waals surface area contributed by atoms with Gasteiger partial charge in [-0.1, -0.05) is 36.4 Å². The Labute approximate surface area is 176 Å². The van der Waals surface area contributed by atoms with Crippen molar-refractivity contribution in [2.24, 2.45) is 0 Å². The second kappa shape index (κ2) is 8.34. The van der Waals surface area contributed by atoms with Gasteiger partial charge in [0.2, 0.25) is 5.91 Å². The number of aryl methyl sites for hydroxylation is 1. The van der Waals surface area contributed by atoms with E-state index in [0.717, 1.165) is 10.1 Å². The Morgan fingerprint density at radius 2 is 1.65 bits per heavy atom. The van der Waals surface area contributed by atoms with Gasteiger partial charge in [-0.3, -0.25) is 9.59 Å². The van der Waals surface area contributed by atoms with Crippen molar-refractivity contribution in [1.29, 1.82) is 0 Å². The minimum absolute atomic E-state index is 0.135. The average molecular weight is 419 g/mol. The highest BCUT2D eigenvalue weighted by atomic mass is 16.2. The summed E-state index contributed by atoms with van der Waals surface area (Å²) in [6.07, 6.45) is 0. The largest absolute Gasteiger partial charge is 0.368 e. The fourth-order valence-corrected chi connectivity index (χ4v) is 3.39. The number of fused-ring (bicyclic) bond motifs is 1. The first-order valence-electron chi connectivity index (χ1n) is 9.78. The lowest BCUT2D eigenvalue weighted by molar-refractivity contribution is -0.122. The third-order valence-electron chi connectivity index (χ3n) is 4.84. The Hall–Kier alpha value is -4.08. The molecule has 0 spiro atoms. The highest BCUT2D eigenvalue weighted by Crippen LogP contribution is 2.11. The predicted molar refractivity (Wildman–Crippen MR) is 114 cm³/mol. The summed E-state index contributed by atoms with van der Waals surface area (Å²) in [6, 6.07) is 15.7. The number of rotatable bonds is 6. The Bertz CT molecular complexity index is 1350. The number of hydrogen-bond acceptors (Lipinski definition) is 6. The zero-order valence-corrected chi connectivity index (χ0v) is 17.1. The standard InChI is InChI=1S/C21H21N7O3/c1-14(12-27-21(31)28(25-24-27)16-8-4-3-5-9-16)22-19(29)13-26-20(30)18-11-7-6-10-17(18)15(2)23-26/h3-11,14H,12-13H2,1-2H3,(H,22,29)/t14-/m0/s1. The topological polar surface area (TPSA) is 117 Å². The van der Waals surface area contributed by atoms with Gasteiger partial charge in [-0.2, -0.15) is 14.5 Å². The molecule has 10 heteroatoms. The number of tetrazole rings is 1. The molecule has 0 aliphatic carbocycles. The van der Waals surface area contributed by atoms with Crippen LogP contribution in [0, 0.1) is 6.92 Å². The Morgan fingerprint density at radius 1 is 0.968 bits per heavy atom. The molecule has 0 radical (unpaired) electrons. The smallest absolute Gasteiger partial charge is 0.350 e. The lowest BCUT2D eigenvalue weighted by Crippen LogP contribution is -2.41. The predicted octanol–water partition coefficient (Wildman–Crippen LogP) is 0.652. The van der Waals surface area contributed by atoms with Crippen molar-refractivity contribution in [2.75, 3.05) is 0 Å². The van der Waals surface area contributed by atoms with Gasteiger partial charge in [-0.25, -0.2) is 9.48 Å². The molecule has 31 heavy (non-hydrogen) atoms. The highest BCUT2D eigenvalue weighted by Gasteiger charge is 2.15. The Kier molecular flexibility index (Phi) is 5.44. The average Bonchev–Trinajstić information content (AvgIpc) is 3.12. The van der Waals surface area contributed by atoms with Crippen molar-refractivity contribution in [3.63, 3.8) is 0 Å². The SMILES string of the molecule is Cc1nn(CC(=O)N[C@@H](C)Cn2nnn(-c3ccccc3)c2=O)c(=O)c2ccccc12. The maximum atomic E-state index is 12.6. The number of aromatic nitrogens is 6. The summed E-state index contributed by atoms with van der Waals surface area (Å²) in [5.41, 5.74) is 0.536. The molecular weight excluding hydrogens is 398 g/mol. The molecule has 0 fully saturated rings. The number of carbonyl (C=O) groups is 1. The van der Waals surface area contributed by atoms with Crippen LogP contribution < -0.4 is 16.6 Å². The fourth-order valence-electron chi connectivity index (χ4n) is 3.39. The number of benzene rings is 2. The van der Waals surface area contributed by atoms with Crippen LogP contribution in [0.5, 0.6) is 0 Å². The summed E-state index contributed by atoms with van der Waals surface area (Å²) in [7, 11) is 0. The van der Waals surface area contributed by atoms with Crippen molar-refractivity contribution < 1.29 is 4.79 Å². The van der Waals surface area contributed by atoms with Crippen molar-refractivity contribution in [3.8, 4) is 5.69 Å². The van der Waals surface area contributed by atoms with Crippen molar-refractivity contribution in [3.05, 3.63) is 81.1 Å². The van der Waals surface area contributed by atoms with E-state index in [4.69, 9.17) is 0 Å². The minimum atomic E-state index is -0.414. The van der Waals surface area contributed by atoms with Crippen LogP contribution in [-0.4, -0.2) is 41.5 Å². The zero-order valence-electron chi connectivity index (χ0n) is 17.1. The first-order chi connectivity index (χ1) is 14.9. The third-order valence-corrected chi connectivity index (χ3v) is 4.84. The molecule has 1 amide bonds. The number of carbonyl (C=O) groups excluding carboxylic acids is 1. The molecule has 10 nitrogen and oxygen atoms in total. The van der Waals surface area contributed by atoms with Crippen LogP contribution in [-0.2, 0) is 17.9 Å². The molecule has 158 valence electrons. The van der Waals surface area contributed by atoms with Gasteiger partial charge in [0.25, 0.3) is 5.56 Å². The normalized spacial score (nSPS) is 12.1. The summed E-state index contributed by atoms with van der Waals surface area (Å²) in [6.45, 7) is 3.45. The number of nitrogens with zero attached hydrogens (tertiary/aromatic N) is 6. The maximum Gasteiger partial charge on any atom is 0.368 e. The minimum Gasteiger partial charge on any atom is -0.350 e. The van der Waals surface area contributed by atoms with Crippen LogP contribution in [0.1, 0.15) is 12.6 Å². The van der Waals surface area contributed by atoms with Crippen LogP contribution in [0.2, 0.25) is 0 Å². The molecular formula is C21H21N7O3. The van der Waals surface area contributed by atoms with Crippen molar-refractivity contribution >= 4 is 16.7 Å². The molecule has 1 N–H and O–H groups in total. The van der Waals surface area contributed by atoms with E-state index in [1.165, 1.54) is 9.36 Å². The van der Waals surface area contributed by atoms with Gasteiger partial charge in [-0.15, -0.1) is 0 Å². The van der Waals surface area contributed by atoms with Crippen LogP contribution in [0.25, 0.3) is 16.5 Å². The van der Waals surface area contributed by atoms with Gasteiger partial charge < -0.3 is 5.32 Å². The van der Waals surface area contributed by atoms with Crippen molar-refractivity contribution in [1.82, 2.24) is 34.9 Å². The summed E-state index contributed by atoms with van der Waals surface area (Å²) in [4.78, 5) is 37.6. The number of para-hydroxylation sites is 1.